The first kappa shape index (κ1) is 14.8. The second-order valence-corrected chi connectivity index (χ2v) is 4.54. The number of benzene rings is 2. The summed E-state index contributed by atoms with van der Waals surface area (Å²) >= 11 is 5.86. The minimum Gasteiger partial charge on any atom is -0.496 e. The van der Waals surface area contributed by atoms with E-state index in [4.69, 9.17) is 21.6 Å². The second kappa shape index (κ2) is 6.25. The maximum absolute atomic E-state index is 13.1. The number of amides is 1. The summed E-state index contributed by atoms with van der Waals surface area (Å²) < 4.78 is 18.2. The number of nitrogens with one attached hydrogen (secondary N) is 1. The lowest BCUT2D eigenvalue weighted by molar-refractivity contribution is 0.102. The van der Waals surface area contributed by atoms with Gasteiger partial charge in [-0.2, -0.15) is 5.26 Å². The van der Waals surface area contributed by atoms with E-state index in [-0.39, 0.29) is 16.8 Å². The van der Waals surface area contributed by atoms with Crippen molar-refractivity contribution in [2.45, 2.75) is 0 Å². The number of hydrogen-bond acceptors (Lipinski definition) is 3. The smallest absolute Gasteiger partial charge is 0.259 e. The third-order valence-corrected chi connectivity index (χ3v) is 2.99. The van der Waals surface area contributed by atoms with Gasteiger partial charge in [-0.05, 0) is 36.4 Å². The van der Waals surface area contributed by atoms with Gasteiger partial charge >= 0.3 is 0 Å². The normalized spacial score (nSPS) is 9.81. The van der Waals surface area contributed by atoms with Crippen LogP contribution in [0, 0.1) is 17.1 Å². The number of carbonyl (C=O) groups is 1. The maximum atomic E-state index is 13.1. The van der Waals surface area contributed by atoms with Crippen LogP contribution in [0.5, 0.6) is 5.75 Å². The molecule has 6 heteroatoms. The lowest BCUT2D eigenvalue weighted by Gasteiger charge is -2.10. The SMILES string of the molecule is COc1ccc(Cl)cc1C(=O)Nc1ccc(F)cc1C#N. The van der Waals surface area contributed by atoms with E-state index in [0.29, 0.717) is 10.8 Å². The van der Waals surface area contributed by atoms with Crippen LogP contribution in [0.15, 0.2) is 36.4 Å². The topological polar surface area (TPSA) is 62.1 Å². The molecule has 0 aliphatic carbocycles. The van der Waals surface area contributed by atoms with Crippen LogP contribution < -0.4 is 10.1 Å². The highest BCUT2D eigenvalue weighted by Gasteiger charge is 2.15. The zero-order valence-electron chi connectivity index (χ0n) is 11.0. The highest BCUT2D eigenvalue weighted by atomic mass is 35.5. The fourth-order valence-electron chi connectivity index (χ4n) is 1.77. The van der Waals surface area contributed by atoms with Crippen LogP contribution in [0.25, 0.3) is 0 Å². The van der Waals surface area contributed by atoms with Gasteiger partial charge in [0, 0.05) is 5.02 Å². The summed E-state index contributed by atoms with van der Waals surface area (Å²) in [7, 11) is 1.43. The summed E-state index contributed by atoms with van der Waals surface area (Å²) in [5.74, 6) is -0.708. The molecule has 1 N–H and O–H groups in total. The molecule has 0 spiro atoms. The van der Waals surface area contributed by atoms with E-state index in [2.05, 4.69) is 5.32 Å². The van der Waals surface area contributed by atoms with Crippen molar-refractivity contribution in [3.8, 4) is 11.8 Å². The standard InChI is InChI=1S/C15H10ClFN2O2/c1-21-14-5-2-10(16)7-12(14)15(20)19-13-4-3-11(17)6-9(13)8-18/h2-7H,1H3,(H,19,20). The lowest BCUT2D eigenvalue weighted by atomic mass is 10.1. The Morgan fingerprint density at radius 3 is 2.76 bits per heavy atom. The van der Waals surface area contributed by atoms with Crippen LogP contribution in [0.4, 0.5) is 10.1 Å². The molecule has 0 aromatic heterocycles. The van der Waals surface area contributed by atoms with Gasteiger partial charge in [0.25, 0.3) is 5.91 Å². The number of nitriles is 1. The number of nitrogens with zero attached hydrogens (tertiary/aromatic N) is 1. The number of halogens is 2. The molecule has 4 nitrogen and oxygen atoms in total. The van der Waals surface area contributed by atoms with Crippen LogP contribution in [-0.2, 0) is 0 Å². The first-order chi connectivity index (χ1) is 10.0. The Hall–Kier alpha value is -2.58. The van der Waals surface area contributed by atoms with Gasteiger partial charge in [0.2, 0.25) is 0 Å². The van der Waals surface area contributed by atoms with Crippen LogP contribution in [0.3, 0.4) is 0 Å². The van der Waals surface area contributed by atoms with Gasteiger partial charge in [0.1, 0.15) is 17.6 Å². The molecule has 2 aromatic carbocycles. The third kappa shape index (κ3) is 3.30. The average Bonchev–Trinajstić information content (AvgIpc) is 2.48. The Morgan fingerprint density at radius 2 is 2.10 bits per heavy atom. The summed E-state index contributed by atoms with van der Waals surface area (Å²) in [5, 5.41) is 11.9. The summed E-state index contributed by atoms with van der Waals surface area (Å²) in [6, 6.07) is 9.95. The molecule has 0 saturated carbocycles. The van der Waals surface area contributed by atoms with Crippen molar-refractivity contribution in [1.29, 1.82) is 5.26 Å². The first-order valence-corrected chi connectivity index (χ1v) is 6.27. The minimum atomic E-state index is -0.551. The quantitative estimate of drug-likeness (QED) is 0.942. The van der Waals surface area contributed by atoms with Crippen molar-refractivity contribution in [2.75, 3.05) is 12.4 Å². The summed E-state index contributed by atoms with van der Waals surface area (Å²) in [4.78, 5) is 12.2. The molecule has 0 fully saturated rings. The number of ether oxygens (including phenoxy) is 1. The number of carbonyl (C=O) groups excluding carboxylic acids is 1. The molecule has 0 unspecified atom stereocenters. The van der Waals surface area contributed by atoms with Crippen LogP contribution in [-0.4, -0.2) is 13.0 Å². The van der Waals surface area contributed by atoms with Crippen molar-refractivity contribution in [1.82, 2.24) is 0 Å². The predicted molar refractivity (Wildman–Crippen MR) is 77.1 cm³/mol. The fourth-order valence-corrected chi connectivity index (χ4v) is 1.94. The van der Waals surface area contributed by atoms with Gasteiger partial charge in [0.05, 0.1) is 23.9 Å². The monoisotopic (exact) mass is 304 g/mol. The van der Waals surface area contributed by atoms with Gasteiger partial charge in [-0.25, -0.2) is 4.39 Å². The van der Waals surface area contributed by atoms with E-state index in [0.717, 1.165) is 12.1 Å². The highest BCUT2D eigenvalue weighted by molar-refractivity contribution is 6.31. The molecule has 1 amide bonds. The fraction of sp³-hybridized carbons (Fsp3) is 0.0667. The van der Waals surface area contributed by atoms with E-state index in [1.807, 2.05) is 6.07 Å². The molecule has 0 radical (unpaired) electrons. The zero-order chi connectivity index (χ0) is 15.4. The van der Waals surface area contributed by atoms with E-state index < -0.39 is 11.7 Å². The average molecular weight is 305 g/mol. The Kier molecular flexibility index (Phi) is 4.41. The van der Waals surface area contributed by atoms with Crippen molar-refractivity contribution in [2.24, 2.45) is 0 Å². The van der Waals surface area contributed by atoms with Crippen LogP contribution in [0.2, 0.25) is 5.02 Å². The predicted octanol–water partition coefficient (Wildman–Crippen LogP) is 3.61. The van der Waals surface area contributed by atoms with E-state index in [1.54, 1.807) is 12.1 Å². The lowest BCUT2D eigenvalue weighted by Crippen LogP contribution is -2.14. The van der Waals surface area contributed by atoms with Gasteiger partial charge in [0.15, 0.2) is 0 Å². The van der Waals surface area contributed by atoms with Crippen LogP contribution >= 0.6 is 11.6 Å². The second-order valence-electron chi connectivity index (χ2n) is 4.10. The molecule has 0 heterocycles. The van der Waals surface area contributed by atoms with Crippen molar-refractivity contribution < 1.29 is 13.9 Å². The molecule has 0 atom stereocenters. The Labute approximate surface area is 125 Å². The summed E-state index contributed by atoms with van der Waals surface area (Å²) in [6.07, 6.45) is 0. The van der Waals surface area contributed by atoms with Gasteiger partial charge in [-0.3, -0.25) is 4.79 Å². The highest BCUT2D eigenvalue weighted by Crippen LogP contribution is 2.24. The largest absolute Gasteiger partial charge is 0.496 e. The van der Waals surface area contributed by atoms with Crippen molar-refractivity contribution in [3.05, 3.63) is 58.4 Å². The summed E-state index contributed by atoms with van der Waals surface area (Å²) in [6.45, 7) is 0. The van der Waals surface area contributed by atoms with Crippen molar-refractivity contribution in [3.63, 3.8) is 0 Å². The van der Waals surface area contributed by atoms with Gasteiger partial charge in [-0.15, -0.1) is 0 Å². The zero-order valence-corrected chi connectivity index (χ0v) is 11.7. The third-order valence-electron chi connectivity index (χ3n) is 2.76. The number of rotatable bonds is 3. The van der Waals surface area contributed by atoms with E-state index >= 15 is 0 Å². The molecular formula is C15H10ClFN2O2. The Morgan fingerprint density at radius 1 is 1.33 bits per heavy atom. The Bertz CT molecular complexity index is 741. The van der Waals surface area contributed by atoms with E-state index in [9.17, 15) is 9.18 Å². The van der Waals surface area contributed by atoms with Crippen molar-refractivity contribution >= 4 is 23.2 Å². The van der Waals surface area contributed by atoms with Crippen LogP contribution in [0.1, 0.15) is 15.9 Å². The minimum absolute atomic E-state index is 0.0318. The number of methoxy groups -OCH3 is 1. The van der Waals surface area contributed by atoms with E-state index in [1.165, 1.54) is 19.2 Å². The molecule has 0 bridgehead atoms. The first-order valence-electron chi connectivity index (χ1n) is 5.89. The molecule has 0 aliphatic rings. The summed E-state index contributed by atoms with van der Waals surface area (Å²) in [5.41, 5.74) is 0.466. The number of anilines is 1. The molecule has 0 saturated heterocycles. The molecule has 0 aliphatic heterocycles. The molecule has 21 heavy (non-hydrogen) atoms. The molecule has 2 rings (SSSR count). The molecular weight excluding hydrogens is 295 g/mol. The molecule has 2 aromatic rings. The Balaban J connectivity index is 2.35. The van der Waals surface area contributed by atoms with Gasteiger partial charge < -0.3 is 10.1 Å². The molecule has 106 valence electrons. The maximum Gasteiger partial charge on any atom is 0.259 e. The van der Waals surface area contributed by atoms with Gasteiger partial charge in [-0.1, -0.05) is 11.6 Å². The number of hydrogen-bond donors (Lipinski definition) is 1.